The Hall–Kier alpha value is -3.22. The Morgan fingerprint density at radius 2 is 1.87 bits per heavy atom. The summed E-state index contributed by atoms with van der Waals surface area (Å²) in [6.45, 7) is 2.14. The van der Waals surface area contributed by atoms with Gasteiger partial charge in [-0.15, -0.1) is 0 Å². The molecule has 206 valence electrons. The van der Waals surface area contributed by atoms with Gasteiger partial charge in [0.25, 0.3) is 0 Å². The van der Waals surface area contributed by atoms with Gasteiger partial charge in [0.15, 0.2) is 0 Å². The number of aromatic carboxylic acids is 1. The normalized spacial score (nSPS) is 17.4. The van der Waals surface area contributed by atoms with Crippen molar-refractivity contribution >= 4 is 28.7 Å². The van der Waals surface area contributed by atoms with Crippen molar-refractivity contribution in [2.24, 2.45) is 0 Å². The molecular weight excluding hydrogens is 520 g/mol. The number of allylic oxidation sites excluding steroid dienone is 1. The van der Waals surface area contributed by atoms with Crippen LogP contribution < -0.4 is 4.74 Å². The van der Waals surface area contributed by atoms with E-state index >= 15 is 0 Å². The minimum absolute atomic E-state index is 0. The van der Waals surface area contributed by atoms with Gasteiger partial charge in [0.05, 0.1) is 17.3 Å². The summed E-state index contributed by atoms with van der Waals surface area (Å²) >= 11 is 6.46. The number of halogens is 3. The lowest BCUT2D eigenvalue weighted by Crippen LogP contribution is -2.26. The van der Waals surface area contributed by atoms with Gasteiger partial charge in [-0.25, -0.2) is 9.18 Å². The van der Waals surface area contributed by atoms with Crippen molar-refractivity contribution in [3.05, 3.63) is 99.3 Å². The predicted molar refractivity (Wildman–Crippen MR) is 153 cm³/mol. The molecule has 5 rings (SSSR count). The summed E-state index contributed by atoms with van der Waals surface area (Å²) in [7, 11) is 0. The topological polar surface area (TPSA) is 49.8 Å². The van der Waals surface area contributed by atoms with Crippen LogP contribution in [-0.4, -0.2) is 48.4 Å². The number of aryl methyl sites for hydroxylation is 1. The number of likely N-dealkylation sites (tertiary alicyclic amines) is 1. The van der Waals surface area contributed by atoms with Crippen LogP contribution in [0.4, 0.5) is 8.78 Å². The number of ether oxygens (including phenoxy) is 1. The fourth-order valence-electron chi connectivity index (χ4n) is 5.53. The smallest absolute Gasteiger partial charge is 0.335 e. The van der Waals surface area contributed by atoms with Gasteiger partial charge in [-0.3, -0.25) is 9.29 Å². The molecule has 1 N–H and O–H groups in total. The molecule has 0 radical (unpaired) electrons. The fraction of sp³-hybridized carbons (Fsp3) is 0.344. The van der Waals surface area contributed by atoms with E-state index in [1.54, 1.807) is 18.2 Å². The van der Waals surface area contributed by atoms with Gasteiger partial charge in [0.1, 0.15) is 17.7 Å². The molecule has 0 unspecified atom stereocenters. The highest BCUT2D eigenvalue weighted by molar-refractivity contribution is 6.33. The number of alkyl halides is 1. The maximum absolute atomic E-state index is 14.5. The van der Waals surface area contributed by atoms with E-state index in [4.69, 9.17) is 16.3 Å². The number of rotatable bonds is 8. The van der Waals surface area contributed by atoms with E-state index in [2.05, 4.69) is 4.90 Å². The summed E-state index contributed by atoms with van der Waals surface area (Å²) in [5, 5.41) is 9.63. The summed E-state index contributed by atoms with van der Waals surface area (Å²) in [6.07, 6.45) is 3.67. The number of carbonyl (C=O) groups is 1. The number of fused-ring (bicyclic) bond motifs is 1. The quantitative estimate of drug-likeness (QED) is 0.308. The molecule has 2 aliphatic rings. The van der Waals surface area contributed by atoms with Gasteiger partial charge in [0, 0.05) is 19.6 Å². The average molecular weight is 554 g/mol. The van der Waals surface area contributed by atoms with E-state index < -0.39 is 11.8 Å². The molecular formula is C32H34ClF2NO3. The summed E-state index contributed by atoms with van der Waals surface area (Å²) in [6, 6.07) is 17.9. The van der Waals surface area contributed by atoms with E-state index in [-0.39, 0.29) is 30.8 Å². The molecule has 0 amide bonds. The number of hydrogen-bond donors (Lipinski definition) is 1. The van der Waals surface area contributed by atoms with Crippen molar-refractivity contribution in [1.82, 2.24) is 4.90 Å². The number of benzene rings is 3. The Morgan fingerprint density at radius 1 is 1.08 bits per heavy atom. The summed E-state index contributed by atoms with van der Waals surface area (Å²) in [5.41, 5.74) is 5.55. The second-order valence-electron chi connectivity index (χ2n) is 9.88. The van der Waals surface area contributed by atoms with Crippen LogP contribution in [0.5, 0.6) is 5.75 Å². The minimum Gasteiger partial charge on any atom is -0.489 e. The third-order valence-electron chi connectivity index (χ3n) is 7.36. The number of nitrogens with zero attached hydrogens (tertiary/aromatic N) is 1. The summed E-state index contributed by atoms with van der Waals surface area (Å²) in [5.74, 6) is -0.678. The standard InChI is InChI=1S/C31H30ClF2NO3.CH4/c32-30-27(6-2-7-28(30)34)26-5-1-4-21-18-22(31(36)37)10-13-25(21)29(26)20-8-11-23(12-9-20)38-24-14-17-35(19-24)16-3-15-33;/h2,6-13,18,24H,1,3-5,14-17,19H2,(H,36,37);1H4/t24-;/m0./s1. The molecule has 1 atom stereocenters. The van der Waals surface area contributed by atoms with E-state index in [1.807, 2.05) is 36.4 Å². The molecule has 0 spiro atoms. The first kappa shape index (κ1) is 28.8. The molecule has 0 saturated carbocycles. The zero-order valence-corrected chi connectivity index (χ0v) is 21.8. The molecule has 1 saturated heterocycles. The zero-order chi connectivity index (χ0) is 26.6. The van der Waals surface area contributed by atoms with Gasteiger partial charge in [-0.05, 0) is 95.8 Å². The maximum Gasteiger partial charge on any atom is 0.335 e. The van der Waals surface area contributed by atoms with Crippen LogP contribution in [-0.2, 0) is 6.42 Å². The molecule has 1 aliphatic heterocycles. The summed E-state index contributed by atoms with van der Waals surface area (Å²) in [4.78, 5) is 13.9. The lowest BCUT2D eigenvalue weighted by atomic mass is 9.87. The third kappa shape index (κ3) is 6.34. The van der Waals surface area contributed by atoms with Crippen LogP contribution in [0.25, 0.3) is 11.1 Å². The van der Waals surface area contributed by atoms with Crippen molar-refractivity contribution in [2.75, 3.05) is 26.3 Å². The van der Waals surface area contributed by atoms with Crippen LogP contribution >= 0.6 is 11.6 Å². The number of hydrogen-bond acceptors (Lipinski definition) is 3. The summed E-state index contributed by atoms with van der Waals surface area (Å²) < 4.78 is 33.2. The number of carboxylic acid groups (broad SMARTS) is 1. The van der Waals surface area contributed by atoms with E-state index in [1.165, 1.54) is 6.07 Å². The Morgan fingerprint density at radius 3 is 2.62 bits per heavy atom. The first-order chi connectivity index (χ1) is 18.4. The molecule has 0 aromatic heterocycles. The lowest BCUT2D eigenvalue weighted by Gasteiger charge is -2.19. The molecule has 7 heteroatoms. The van der Waals surface area contributed by atoms with Crippen molar-refractivity contribution in [3.63, 3.8) is 0 Å². The van der Waals surface area contributed by atoms with E-state index in [0.717, 1.165) is 66.1 Å². The Bertz CT molecular complexity index is 1360. The van der Waals surface area contributed by atoms with Gasteiger partial charge in [-0.2, -0.15) is 0 Å². The third-order valence-corrected chi connectivity index (χ3v) is 7.74. The maximum atomic E-state index is 14.5. The molecule has 0 bridgehead atoms. The highest BCUT2D eigenvalue weighted by Crippen LogP contribution is 2.42. The second-order valence-corrected chi connectivity index (χ2v) is 10.3. The fourth-order valence-corrected chi connectivity index (χ4v) is 5.77. The number of carboxylic acids is 1. The highest BCUT2D eigenvalue weighted by atomic mass is 35.5. The van der Waals surface area contributed by atoms with Gasteiger partial charge in [-0.1, -0.05) is 49.4 Å². The van der Waals surface area contributed by atoms with Gasteiger partial charge in [0.2, 0.25) is 0 Å². The molecule has 1 fully saturated rings. The van der Waals surface area contributed by atoms with Crippen molar-refractivity contribution in [1.29, 1.82) is 0 Å². The first-order valence-electron chi connectivity index (χ1n) is 13.0. The van der Waals surface area contributed by atoms with E-state index in [0.29, 0.717) is 24.8 Å². The van der Waals surface area contributed by atoms with Gasteiger partial charge < -0.3 is 9.84 Å². The minimum atomic E-state index is -0.965. The van der Waals surface area contributed by atoms with Crippen molar-refractivity contribution in [3.8, 4) is 5.75 Å². The van der Waals surface area contributed by atoms with E-state index in [9.17, 15) is 18.7 Å². The second kappa shape index (κ2) is 12.8. The van der Waals surface area contributed by atoms with Crippen LogP contribution in [0.1, 0.15) is 65.7 Å². The molecule has 39 heavy (non-hydrogen) atoms. The Kier molecular flexibility index (Phi) is 9.41. The van der Waals surface area contributed by atoms with Crippen LogP contribution in [0.15, 0.2) is 60.7 Å². The molecule has 3 aromatic rings. The zero-order valence-electron chi connectivity index (χ0n) is 21.1. The predicted octanol–water partition coefficient (Wildman–Crippen LogP) is 7.92. The first-order valence-corrected chi connectivity index (χ1v) is 13.4. The van der Waals surface area contributed by atoms with Crippen LogP contribution in [0.2, 0.25) is 5.02 Å². The molecule has 1 aliphatic carbocycles. The Balaban J connectivity index is 0.00000353. The molecule has 1 heterocycles. The molecule has 3 aromatic carbocycles. The van der Waals surface area contributed by atoms with Crippen molar-refractivity contribution in [2.45, 2.75) is 45.6 Å². The van der Waals surface area contributed by atoms with Crippen LogP contribution in [0, 0.1) is 5.82 Å². The highest BCUT2D eigenvalue weighted by Gasteiger charge is 2.25. The monoisotopic (exact) mass is 553 g/mol. The van der Waals surface area contributed by atoms with Gasteiger partial charge >= 0.3 is 5.97 Å². The average Bonchev–Trinajstić information content (AvgIpc) is 3.27. The largest absolute Gasteiger partial charge is 0.489 e. The molecule has 4 nitrogen and oxygen atoms in total. The van der Waals surface area contributed by atoms with Crippen LogP contribution in [0.3, 0.4) is 0 Å². The lowest BCUT2D eigenvalue weighted by molar-refractivity contribution is 0.0696. The SMILES string of the molecule is C.O=C(O)c1ccc2c(c1)CCCC(c1cccc(F)c1Cl)=C2c1ccc(O[C@H]2CCN(CCCF)C2)cc1. The van der Waals surface area contributed by atoms with Crippen molar-refractivity contribution < 1.29 is 23.4 Å². The Labute approximate surface area is 233 Å².